The fraction of sp³-hybridized carbons (Fsp3) is 0.200. The van der Waals surface area contributed by atoms with Gasteiger partial charge in [0.05, 0.1) is 20.6 Å². The van der Waals surface area contributed by atoms with Crippen LogP contribution in [0.25, 0.3) is 0 Å². The number of benzene rings is 2. The Hall–Kier alpha value is -3.48. The molecule has 1 aromatic heterocycles. The summed E-state index contributed by atoms with van der Waals surface area (Å²) < 4.78 is 15.5. The third kappa shape index (κ3) is 4.78. The van der Waals surface area contributed by atoms with Crippen molar-refractivity contribution in [1.29, 1.82) is 0 Å². The minimum atomic E-state index is -0.116. The molecule has 0 bridgehead atoms. The number of hydrogen-bond acceptors (Lipinski definition) is 6. The monoisotopic (exact) mass is 367 g/mol. The highest BCUT2D eigenvalue weighted by atomic mass is 16.5. The maximum atomic E-state index is 12.3. The van der Waals surface area contributed by atoms with Gasteiger partial charge in [0.15, 0.2) is 17.3 Å². The van der Waals surface area contributed by atoms with E-state index in [-0.39, 0.29) is 12.3 Å². The third-order valence-corrected chi connectivity index (χ3v) is 3.88. The Labute approximate surface area is 157 Å². The first-order chi connectivity index (χ1) is 13.1. The number of amides is 1. The first-order valence-corrected chi connectivity index (χ1v) is 8.38. The standard InChI is InChI=1S/C20H21N3O4/c1-13-10-19(23-27-13)21-15-5-7-16(8-6-15)22-20(24)12-14-4-9-17(25-2)18(11-14)26-3/h4-11H,12H2,1-3H3,(H,21,23)(H,22,24). The van der Waals surface area contributed by atoms with Crippen LogP contribution >= 0.6 is 0 Å². The number of aromatic nitrogens is 1. The van der Waals surface area contributed by atoms with Crippen molar-refractivity contribution in [3.63, 3.8) is 0 Å². The second-order valence-electron chi connectivity index (χ2n) is 5.94. The lowest BCUT2D eigenvalue weighted by Crippen LogP contribution is -2.14. The summed E-state index contributed by atoms with van der Waals surface area (Å²) in [6.45, 7) is 1.83. The first-order valence-electron chi connectivity index (χ1n) is 8.38. The van der Waals surface area contributed by atoms with Gasteiger partial charge in [-0.25, -0.2) is 0 Å². The Morgan fingerprint density at radius 1 is 1.00 bits per heavy atom. The van der Waals surface area contributed by atoms with E-state index in [1.165, 1.54) is 0 Å². The van der Waals surface area contributed by atoms with Crippen molar-refractivity contribution in [2.75, 3.05) is 24.9 Å². The average Bonchev–Trinajstić information content (AvgIpc) is 3.08. The number of methoxy groups -OCH3 is 2. The Bertz CT molecular complexity index is 919. The second-order valence-corrected chi connectivity index (χ2v) is 5.94. The number of aryl methyl sites for hydroxylation is 1. The molecule has 2 N–H and O–H groups in total. The summed E-state index contributed by atoms with van der Waals surface area (Å²) in [4.78, 5) is 12.3. The van der Waals surface area contributed by atoms with Gasteiger partial charge < -0.3 is 24.6 Å². The summed E-state index contributed by atoms with van der Waals surface area (Å²) in [7, 11) is 3.14. The van der Waals surface area contributed by atoms with Gasteiger partial charge in [-0.3, -0.25) is 4.79 Å². The van der Waals surface area contributed by atoms with Crippen molar-refractivity contribution < 1.29 is 18.8 Å². The molecule has 0 spiro atoms. The van der Waals surface area contributed by atoms with Crippen molar-refractivity contribution in [1.82, 2.24) is 5.16 Å². The molecule has 1 heterocycles. The Morgan fingerprint density at radius 2 is 1.70 bits per heavy atom. The molecule has 0 aliphatic rings. The summed E-state index contributed by atoms with van der Waals surface area (Å²) in [6, 6.07) is 14.6. The zero-order valence-electron chi connectivity index (χ0n) is 15.4. The molecule has 2 aromatic carbocycles. The van der Waals surface area contributed by atoms with Crippen LogP contribution < -0.4 is 20.1 Å². The smallest absolute Gasteiger partial charge is 0.228 e. The van der Waals surface area contributed by atoms with Crippen molar-refractivity contribution in [3.05, 3.63) is 59.9 Å². The van der Waals surface area contributed by atoms with Gasteiger partial charge in [0.1, 0.15) is 5.76 Å². The van der Waals surface area contributed by atoms with Gasteiger partial charge in [0.25, 0.3) is 0 Å². The van der Waals surface area contributed by atoms with Crippen LogP contribution in [0.2, 0.25) is 0 Å². The molecular weight excluding hydrogens is 346 g/mol. The van der Waals surface area contributed by atoms with E-state index in [1.54, 1.807) is 32.4 Å². The molecule has 7 nitrogen and oxygen atoms in total. The molecule has 0 unspecified atom stereocenters. The number of nitrogens with one attached hydrogen (secondary N) is 2. The zero-order valence-corrected chi connectivity index (χ0v) is 15.4. The number of carbonyl (C=O) groups excluding carboxylic acids is 1. The van der Waals surface area contributed by atoms with Crippen LogP contribution in [0, 0.1) is 6.92 Å². The van der Waals surface area contributed by atoms with Crippen LogP contribution in [-0.2, 0) is 11.2 Å². The van der Waals surface area contributed by atoms with Crippen molar-refractivity contribution in [2.45, 2.75) is 13.3 Å². The molecule has 0 atom stereocenters. The van der Waals surface area contributed by atoms with E-state index in [9.17, 15) is 4.79 Å². The topological polar surface area (TPSA) is 85.6 Å². The summed E-state index contributed by atoms with van der Waals surface area (Å²) in [5.74, 6) is 2.48. The van der Waals surface area contributed by atoms with Crippen LogP contribution in [0.4, 0.5) is 17.2 Å². The molecule has 0 saturated carbocycles. The van der Waals surface area contributed by atoms with Gasteiger partial charge in [0.2, 0.25) is 5.91 Å². The lowest BCUT2D eigenvalue weighted by molar-refractivity contribution is -0.115. The lowest BCUT2D eigenvalue weighted by atomic mass is 10.1. The van der Waals surface area contributed by atoms with Crippen LogP contribution in [-0.4, -0.2) is 25.3 Å². The maximum Gasteiger partial charge on any atom is 0.228 e. The minimum absolute atomic E-state index is 0.116. The number of anilines is 3. The van der Waals surface area contributed by atoms with E-state index < -0.39 is 0 Å². The average molecular weight is 367 g/mol. The van der Waals surface area contributed by atoms with Crippen molar-refractivity contribution in [2.24, 2.45) is 0 Å². The number of ether oxygens (including phenoxy) is 2. The molecule has 7 heteroatoms. The molecule has 3 rings (SSSR count). The highest BCUT2D eigenvalue weighted by Crippen LogP contribution is 2.28. The highest BCUT2D eigenvalue weighted by Gasteiger charge is 2.09. The maximum absolute atomic E-state index is 12.3. The van der Waals surface area contributed by atoms with Crippen molar-refractivity contribution in [3.8, 4) is 11.5 Å². The molecule has 0 radical (unpaired) electrons. The largest absolute Gasteiger partial charge is 0.493 e. The molecular formula is C20H21N3O4. The van der Waals surface area contributed by atoms with Gasteiger partial charge in [-0.2, -0.15) is 0 Å². The number of nitrogens with zero attached hydrogens (tertiary/aromatic N) is 1. The van der Waals surface area contributed by atoms with Gasteiger partial charge >= 0.3 is 0 Å². The van der Waals surface area contributed by atoms with Gasteiger partial charge in [-0.05, 0) is 48.9 Å². The fourth-order valence-corrected chi connectivity index (χ4v) is 2.59. The van der Waals surface area contributed by atoms with Crippen LogP contribution in [0.15, 0.2) is 53.1 Å². The van der Waals surface area contributed by atoms with Gasteiger partial charge in [-0.15, -0.1) is 0 Å². The van der Waals surface area contributed by atoms with Crippen LogP contribution in [0.5, 0.6) is 11.5 Å². The number of carbonyl (C=O) groups is 1. The quantitative estimate of drug-likeness (QED) is 0.658. The molecule has 3 aromatic rings. The molecule has 1 amide bonds. The summed E-state index contributed by atoms with van der Waals surface area (Å²) in [5, 5.41) is 9.88. The zero-order chi connectivity index (χ0) is 19.2. The Kier molecular flexibility index (Phi) is 5.61. The second kappa shape index (κ2) is 8.27. The molecule has 0 aliphatic carbocycles. The van der Waals surface area contributed by atoms with Gasteiger partial charge in [0, 0.05) is 17.4 Å². The SMILES string of the molecule is COc1ccc(CC(=O)Nc2ccc(Nc3cc(C)on3)cc2)cc1OC. The van der Waals surface area contributed by atoms with E-state index in [0.717, 1.165) is 17.0 Å². The molecule has 0 aliphatic heterocycles. The Balaban J connectivity index is 1.59. The predicted molar refractivity (Wildman–Crippen MR) is 103 cm³/mol. The van der Waals surface area contributed by atoms with E-state index in [2.05, 4.69) is 15.8 Å². The molecule has 140 valence electrons. The van der Waals surface area contributed by atoms with Gasteiger partial charge in [-0.1, -0.05) is 11.2 Å². The van der Waals surface area contributed by atoms with E-state index in [0.29, 0.717) is 23.0 Å². The Morgan fingerprint density at radius 3 is 2.33 bits per heavy atom. The van der Waals surface area contributed by atoms with E-state index >= 15 is 0 Å². The fourth-order valence-electron chi connectivity index (χ4n) is 2.59. The normalized spacial score (nSPS) is 10.3. The minimum Gasteiger partial charge on any atom is -0.493 e. The first kappa shape index (κ1) is 18.3. The van der Waals surface area contributed by atoms with Crippen LogP contribution in [0.1, 0.15) is 11.3 Å². The summed E-state index contributed by atoms with van der Waals surface area (Å²) >= 11 is 0. The number of hydrogen-bond donors (Lipinski definition) is 2. The van der Waals surface area contributed by atoms with E-state index in [4.69, 9.17) is 14.0 Å². The van der Waals surface area contributed by atoms with Crippen molar-refractivity contribution >= 4 is 23.1 Å². The molecule has 0 saturated heterocycles. The third-order valence-electron chi connectivity index (χ3n) is 3.88. The lowest BCUT2D eigenvalue weighted by Gasteiger charge is -2.10. The van der Waals surface area contributed by atoms with E-state index in [1.807, 2.05) is 37.3 Å². The summed E-state index contributed by atoms with van der Waals surface area (Å²) in [5.41, 5.74) is 2.40. The predicted octanol–water partition coefficient (Wildman–Crippen LogP) is 3.93. The summed E-state index contributed by atoms with van der Waals surface area (Å²) in [6.07, 6.45) is 0.235. The molecule has 0 fully saturated rings. The number of rotatable bonds is 7. The molecule has 27 heavy (non-hydrogen) atoms. The highest BCUT2D eigenvalue weighted by molar-refractivity contribution is 5.92. The van der Waals surface area contributed by atoms with Crippen LogP contribution in [0.3, 0.4) is 0 Å².